The second-order valence-corrected chi connectivity index (χ2v) is 6.76. The van der Waals surface area contributed by atoms with E-state index < -0.39 is 0 Å². The molecular weight excluding hydrogens is 328 g/mol. The van der Waals surface area contributed by atoms with E-state index in [1.807, 2.05) is 18.2 Å². The molecule has 1 fully saturated rings. The van der Waals surface area contributed by atoms with E-state index in [0.29, 0.717) is 6.54 Å². The normalized spacial score (nSPS) is 15.0. The molecule has 142 valence electrons. The number of aliphatic imine (C=N–C) groups is 1. The summed E-state index contributed by atoms with van der Waals surface area (Å²) >= 11 is 0. The van der Waals surface area contributed by atoms with E-state index in [0.717, 1.165) is 49.6 Å². The second kappa shape index (κ2) is 9.05. The largest absolute Gasteiger partial charge is 0.459 e. The minimum atomic E-state index is 0.621. The molecule has 3 rings (SSSR count). The number of nitrogens with one attached hydrogen (secondary N) is 2. The van der Waals surface area contributed by atoms with Crippen molar-refractivity contribution in [2.75, 3.05) is 40.4 Å². The lowest BCUT2D eigenvalue weighted by Crippen LogP contribution is -2.42. The summed E-state index contributed by atoms with van der Waals surface area (Å²) in [6, 6.07) is 8.87. The van der Waals surface area contributed by atoms with Gasteiger partial charge in [-0.2, -0.15) is 0 Å². The van der Waals surface area contributed by atoms with Crippen LogP contribution in [0.25, 0.3) is 11.0 Å². The number of aryl methyl sites for hydroxylation is 1. The SMILES string of the molecule is CN=C(NCCN(CCOC)C1CC1)NCc1oc2ccccc2c1C. The van der Waals surface area contributed by atoms with Crippen molar-refractivity contribution < 1.29 is 9.15 Å². The van der Waals surface area contributed by atoms with Crippen LogP contribution in [0, 0.1) is 6.92 Å². The molecule has 0 radical (unpaired) electrons. The van der Waals surface area contributed by atoms with Gasteiger partial charge in [0.05, 0.1) is 13.2 Å². The van der Waals surface area contributed by atoms with Gasteiger partial charge in [0.2, 0.25) is 0 Å². The molecule has 0 unspecified atom stereocenters. The monoisotopic (exact) mass is 358 g/mol. The van der Waals surface area contributed by atoms with Crippen LogP contribution in [-0.4, -0.2) is 57.3 Å². The van der Waals surface area contributed by atoms with Crippen LogP contribution in [0.5, 0.6) is 0 Å². The van der Waals surface area contributed by atoms with Crippen LogP contribution in [0.2, 0.25) is 0 Å². The topological polar surface area (TPSA) is 62.0 Å². The first-order chi connectivity index (χ1) is 12.7. The van der Waals surface area contributed by atoms with Gasteiger partial charge in [0.25, 0.3) is 0 Å². The zero-order valence-electron chi connectivity index (χ0n) is 16.0. The first-order valence-electron chi connectivity index (χ1n) is 9.37. The van der Waals surface area contributed by atoms with Crippen molar-refractivity contribution in [3.05, 3.63) is 35.6 Å². The Morgan fingerprint density at radius 1 is 1.27 bits per heavy atom. The fourth-order valence-electron chi connectivity index (χ4n) is 3.22. The Morgan fingerprint density at radius 3 is 2.77 bits per heavy atom. The molecule has 26 heavy (non-hydrogen) atoms. The molecule has 1 aliphatic rings. The number of para-hydroxylation sites is 1. The van der Waals surface area contributed by atoms with E-state index >= 15 is 0 Å². The zero-order valence-corrected chi connectivity index (χ0v) is 16.0. The molecule has 0 atom stereocenters. The van der Waals surface area contributed by atoms with Crippen molar-refractivity contribution in [2.45, 2.75) is 32.4 Å². The minimum Gasteiger partial charge on any atom is -0.459 e. The number of nitrogens with zero attached hydrogens (tertiary/aromatic N) is 2. The molecule has 6 heteroatoms. The number of hydrogen-bond donors (Lipinski definition) is 2. The number of ether oxygens (including phenoxy) is 1. The predicted molar refractivity (Wildman–Crippen MR) is 106 cm³/mol. The summed E-state index contributed by atoms with van der Waals surface area (Å²) < 4.78 is 11.2. The molecule has 0 spiro atoms. The Labute approximate surface area is 155 Å². The van der Waals surface area contributed by atoms with Gasteiger partial charge in [-0.1, -0.05) is 18.2 Å². The van der Waals surface area contributed by atoms with Gasteiger partial charge < -0.3 is 19.8 Å². The number of guanidine groups is 1. The van der Waals surface area contributed by atoms with Gasteiger partial charge in [0.15, 0.2) is 5.96 Å². The lowest BCUT2D eigenvalue weighted by atomic mass is 10.1. The lowest BCUT2D eigenvalue weighted by molar-refractivity contribution is 0.144. The molecule has 1 aliphatic carbocycles. The van der Waals surface area contributed by atoms with Gasteiger partial charge >= 0.3 is 0 Å². The van der Waals surface area contributed by atoms with Crippen LogP contribution in [-0.2, 0) is 11.3 Å². The van der Waals surface area contributed by atoms with E-state index in [1.165, 1.54) is 23.8 Å². The lowest BCUT2D eigenvalue weighted by Gasteiger charge is -2.22. The Morgan fingerprint density at radius 2 is 2.08 bits per heavy atom. The van der Waals surface area contributed by atoms with Gasteiger partial charge in [0, 0.05) is 50.8 Å². The minimum absolute atomic E-state index is 0.621. The van der Waals surface area contributed by atoms with Crippen LogP contribution in [0.3, 0.4) is 0 Å². The average Bonchev–Trinajstić information content (AvgIpc) is 3.46. The first kappa shape index (κ1) is 18.7. The molecule has 1 saturated carbocycles. The highest BCUT2D eigenvalue weighted by Crippen LogP contribution is 2.26. The third kappa shape index (κ3) is 4.77. The Hall–Kier alpha value is -2.05. The maximum Gasteiger partial charge on any atom is 0.191 e. The van der Waals surface area contributed by atoms with Crippen molar-refractivity contribution in [2.24, 2.45) is 4.99 Å². The van der Waals surface area contributed by atoms with Crippen LogP contribution in [0.15, 0.2) is 33.7 Å². The van der Waals surface area contributed by atoms with Crippen LogP contribution in [0.4, 0.5) is 0 Å². The molecular formula is C20H30N4O2. The first-order valence-corrected chi connectivity index (χ1v) is 9.37. The van der Waals surface area contributed by atoms with Gasteiger partial charge in [-0.3, -0.25) is 9.89 Å². The van der Waals surface area contributed by atoms with E-state index in [1.54, 1.807) is 14.2 Å². The molecule has 2 aromatic rings. The molecule has 0 saturated heterocycles. The second-order valence-electron chi connectivity index (χ2n) is 6.76. The fraction of sp³-hybridized carbons (Fsp3) is 0.550. The summed E-state index contributed by atoms with van der Waals surface area (Å²) in [5.41, 5.74) is 2.12. The zero-order chi connectivity index (χ0) is 18.4. The molecule has 0 amide bonds. The molecule has 1 aromatic heterocycles. The van der Waals surface area contributed by atoms with Crippen molar-refractivity contribution in [3.8, 4) is 0 Å². The maximum atomic E-state index is 5.95. The Bertz CT molecular complexity index is 736. The number of methoxy groups -OCH3 is 1. The third-order valence-electron chi connectivity index (χ3n) is 4.92. The number of rotatable bonds is 9. The van der Waals surface area contributed by atoms with Crippen LogP contribution in [0.1, 0.15) is 24.2 Å². The third-order valence-corrected chi connectivity index (χ3v) is 4.92. The quantitative estimate of drug-likeness (QED) is 0.533. The molecule has 0 bridgehead atoms. The summed E-state index contributed by atoms with van der Waals surface area (Å²) in [7, 11) is 3.56. The van der Waals surface area contributed by atoms with Crippen LogP contribution < -0.4 is 10.6 Å². The van der Waals surface area contributed by atoms with Crippen molar-refractivity contribution in [3.63, 3.8) is 0 Å². The average molecular weight is 358 g/mol. The van der Waals surface area contributed by atoms with Crippen molar-refractivity contribution in [1.82, 2.24) is 15.5 Å². The maximum absolute atomic E-state index is 5.95. The van der Waals surface area contributed by atoms with E-state index in [9.17, 15) is 0 Å². The smallest absolute Gasteiger partial charge is 0.191 e. The van der Waals surface area contributed by atoms with Crippen LogP contribution >= 0.6 is 0 Å². The summed E-state index contributed by atoms with van der Waals surface area (Å²) in [5, 5.41) is 7.92. The molecule has 6 nitrogen and oxygen atoms in total. The highest BCUT2D eigenvalue weighted by Gasteiger charge is 2.28. The highest BCUT2D eigenvalue weighted by atomic mass is 16.5. The Kier molecular flexibility index (Phi) is 6.52. The fourth-order valence-corrected chi connectivity index (χ4v) is 3.22. The summed E-state index contributed by atoms with van der Waals surface area (Å²) in [6.07, 6.45) is 2.62. The number of hydrogen-bond acceptors (Lipinski definition) is 4. The Balaban J connectivity index is 1.47. The molecule has 1 heterocycles. The number of furan rings is 1. The number of benzene rings is 1. The summed E-state index contributed by atoms with van der Waals surface area (Å²) in [5.74, 6) is 1.75. The predicted octanol–water partition coefficient (Wildman–Crippen LogP) is 2.52. The number of fused-ring (bicyclic) bond motifs is 1. The summed E-state index contributed by atoms with van der Waals surface area (Å²) in [4.78, 5) is 6.81. The van der Waals surface area contributed by atoms with Crippen molar-refractivity contribution in [1.29, 1.82) is 0 Å². The standard InChI is InChI=1S/C20H30N4O2/c1-15-17-6-4-5-7-18(17)26-19(15)14-23-20(21-2)22-10-11-24(12-13-25-3)16-8-9-16/h4-7,16H,8-14H2,1-3H3,(H2,21,22,23). The molecule has 0 aliphatic heterocycles. The van der Waals surface area contributed by atoms with Gasteiger partial charge in [-0.15, -0.1) is 0 Å². The van der Waals surface area contributed by atoms with Gasteiger partial charge in [-0.25, -0.2) is 0 Å². The van der Waals surface area contributed by atoms with Gasteiger partial charge in [0.1, 0.15) is 11.3 Å². The van der Waals surface area contributed by atoms with Crippen molar-refractivity contribution >= 4 is 16.9 Å². The van der Waals surface area contributed by atoms with E-state index in [-0.39, 0.29) is 0 Å². The van der Waals surface area contributed by atoms with E-state index in [2.05, 4.69) is 33.5 Å². The van der Waals surface area contributed by atoms with E-state index in [4.69, 9.17) is 9.15 Å². The van der Waals surface area contributed by atoms with Gasteiger partial charge in [-0.05, 0) is 25.8 Å². The molecule has 2 N–H and O–H groups in total. The molecule has 1 aromatic carbocycles. The highest BCUT2D eigenvalue weighted by molar-refractivity contribution is 5.82. The summed E-state index contributed by atoms with van der Waals surface area (Å²) in [6.45, 7) is 6.36.